The van der Waals surface area contributed by atoms with Gasteiger partial charge in [-0.1, -0.05) is 29.8 Å². The molecule has 0 unspecified atom stereocenters. The lowest BCUT2D eigenvalue weighted by atomic mass is 10.2. The molecule has 1 saturated carbocycles. The van der Waals surface area contributed by atoms with Crippen molar-refractivity contribution in [3.63, 3.8) is 0 Å². The lowest BCUT2D eigenvalue weighted by Gasteiger charge is -2.10. The number of carbonyl (C=O) groups excluding carboxylic acids is 1. The third-order valence-corrected chi connectivity index (χ3v) is 7.55. The minimum Gasteiger partial charge on any atom is -0.351 e. The van der Waals surface area contributed by atoms with E-state index in [1.54, 1.807) is 17.8 Å². The molecule has 3 rings (SSSR count). The summed E-state index contributed by atoms with van der Waals surface area (Å²) in [4.78, 5) is 12.6. The lowest BCUT2D eigenvalue weighted by molar-refractivity contribution is 0.0955. The Balaban J connectivity index is 1.52. The maximum atomic E-state index is 12.5. The van der Waals surface area contributed by atoms with Crippen molar-refractivity contribution in [3.05, 3.63) is 63.6 Å². The van der Waals surface area contributed by atoms with Gasteiger partial charge in [-0.2, -0.15) is 11.8 Å². The van der Waals surface area contributed by atoms with E-state index >= 15 is 0 Å². The average Bonchev–Trinajstić information content (AvgIpc) is 3.46. The van der Waals surface area contributed by atoms with Crippen molar-refractivity contribution in [1.82, 2.24) is 10.0 Å². The molecule has 0 aromatic heterocycles. The van der Waals surface area contributed by atoms with Gasteiger partial charge in [0.05, 0.1) is 10.5 Å². The molecule has 0 aliphatic heterocycles. The number of thioether (sulfide) groups is 1. The third-order valence-electron chi connectivity index (χ3n) is 4.31. The Morgan fingerprint density at radius 1 is 1.18 bits per heavy atom. The first-order valence-corrected chi connectivity index (χ1v) is 12.5. The Morgan fingerprint density at radius 3 is 2.57 bits per heavy atom. The zero-order chi connectivity index (χ0) is 20.1. The third kappa shape index (κ3) is 6.07. The molecule has 2 aromatic rings. The fourth-order valence-electron chi connectivity index (χ4n) is 2.54. The van der Waals surface area contributed by atoms with Crippen molar-refractivity contribution < 1.29 is 13.2 Å². The minimum absolute atomic E-state index is 0.0245. The quantitative estimate of drug-likeness (QED) is 0.532. The van der Waals surface area contributed by atoms with Crippen LogP contribution in [0.4, 0.5) is 0 Å². The van der Waals surface area contributed by atoms with E-state index < -0.39 is 10.0 Å². The maximum Gasteiger partial charge on any atom is 0.252 e. The fraction of sp³-hybridized carbons (Fsp3) is 0.350. The first kappa shape index (κ1) is 21.4. The van der Waals surface area contributed by atoms with Crippen molar-refractivity contribution >= 4 is 43.6 Å². The fourth-order valence-corrected chi connectivity index (χ4v) is 5.12. The average molecular weight is 483 g/mol. The van der Waals surface area contributed by atoms with E-state index in [2.05, 4.69) is 57.2 Å². The van der Waals surface area contributed by atoms with Gasteiger partial charge in [0.25, 0.3) is 5.91 Å². The molecule has 2 N–H and O–H groups in total. The molecule has 2 aromatic carbocycles. The summed E-state index contributed by atoms with van der Waals surface area (Å²) in [6.07, 6.45) is 1.73. The van der Waals surface area contributed by atoms with Crippen LogP contribution in [0.1, 0.15) is 34.3 Å². The molecule has 0 heterocycles. The molecular formula is C20H23BrN2O3S2. The van der Waals surface area contributed by atoms with Crippen LogP contribution in [0.2, 0.25) is 0 Å². The summed E-state index contributed by atoms with van der Waals surface area (Å²) in [5, 5.41) is 2.86. The largest absolute Gasteiger partial charge is 0.351 e. The van der Waals surface area contributed by atoms with Crippen molar-refractivity contribution in [2.75, 3.05) is 12.3 Å². The molecule has 0 bridgehead atoms. The van der Waals surface area contributed by atoms with E-state index in [9.17, 15) is 13.2 Å². The van der Waals surface area contributed by atoms with Gasteiger partial charge >= 0.3 is 0 Å². The zero-order valence-corrected chi connectivity index (χ0v) is 18.8. The first-order valence-electron chi connectivity index (χ1n) is 9.08. The number of aryl methyl sites for hydroxylation is 1. The molecule has 1 fully saturated rings. The number of halogens is 1. The van der Waals surface area contributed by atoms with Crippen molar-refractivity contribution in [1.29, 1.82) is 0 Å². The molecular weight excluding hydrogens is 460 g/mol. The normalized spacial score (nSPS) is 14.1. The van der Waals surface area contributed by atoms with Crippen LogP contribution in [0, 0.1) is 6.92 Å². The molecule has 1 amide bonds. The molecule has 0 saturated heterocycles. The maximum absolute atomic E-state index is 12.5. The van der Waals surface area contributed by atoms with E-state index in [1.165, 1.54) is 23.3 Å². The second kappa shape index (κ2) is 9.43. The van der Waals surface area contributed by atoms with Crippen molar-refractivity contribution in [2.24, 2.45) is 0 Å². The Morgan fingerprint density at radius 2 is 1.89 bits per heavy atom. The Kier molecular flexibility index (Phi) is 7.20. The highest BCUT2D eigenvalue weighted by molar-refractivity contribution is 9.10. The number of sulfonamides is 1. The van der Waals surface area contributed by atoms with Gasteiger partial charge in [-0.3, -0.25) is 4.79 Å². The summed E-state index contributed by atoms with van der Waals surface area (Å²) < 4.78 is 27.9. The zero-order valence-electron chi connectivity index (χ0n) is 15.6. The second-order valence-corrected chi connectivity index (χ2v) is 10.5. The Labute approximate surface area is 178 Å². The van der Waals surface area contributed by atoms with Crippen LogP contribution in [0.3, 0.4) is 0 Å². The summed E-state index contributed by atoms with van der Waals surface area (Å²) in [5.41, 5.74) is 2.82. The summed E-state index contributed by atoms with van der Waals surface area (Å²) in [6, 6.07) is 13.0. The number of amides is 1. The SMILES string of the molecule is Cc1ccc(CSCCNC(=O)c2cc(S(=O)(=O)NC3CC3)ccc2Br)cc1. The van der Waals surface area contributed by atoms with Crippen molar-refractivity contribution in [2.45, 2.75) is 36.5 Å². The molecule has 0 radical (unpaired) electrons. The van der Waals surface area contributed by atoms with E-state index in [-0.39, 0.29) is 16.8 Å². The van der Waals surface area contributed by atoms with Crippen LogP contribution in [-0.2, 0) is 15.8 Å². The van der Waals surface area contributed by atoms with Gasteiger partial charge in [0.15, 0.2) is 0 Å². The predicted molar refractivity (Wildman–Crippen MR) is 117 cm³/mol. The summed E-state index contributed by atoms with van der Waals surface area (Å²) in [7, 11) is -3.59. The first-order chi connectivity index (χ1) is 13.3. The second-order valence-electron chi connectivity index (χ2n) is 6.83. The number of hydrogen-bond donors (Lipinski definition) is 2. The minimum atomic E-state index is -3.59. The topological polar surface area (TPSA) is 75.3 Å². The molecule has 0 spiro atoms. The van der Waals surface area contributed by atoms with Crippen LogP contribution >= 0.6 is 27.7 Å². The number of rotatable bonds is 9. The summed E-state index contributed by atoms with van der Waals surface area (Å²) in [5.74, 6) is 1.38. The molecule has 1 aliphatic carbocycles. The van der Waals surface area contributed by atoms with Gasteiger partial charge in [-0.15, -0.1) is 0 Å². The number of benzene rings is 2. The summed E-state index contributed by atoms with van der Waals surface area (Å²) in [6.45, 7) is 2.58. The molecule has 28 heavy (non-hydrogen) atoms. The van der Waals surface area contributed by atoms with Crippen LogP contribution < -0.4 is 10.0 Å². The highest BCUT2D eigenvalue weighted by Crippen LogP contribution is 2.25. The van der Waals surface area contributed by atoms with Crippen LogP contribution in [0.25, 0.3) is 0 Å². The van der Waals surface area contributed by atoms with Crippen LogP contribution in [-0.4, -0.2) is 32.7 Å². The van der Waals surface area contributed by atoms with Gasteiger partial charge < -0.3 is 5.32 Å². The number of hydrogen-bond acceptors (Lipinski definition) is 4. The number of nitrogens with one attached hydrogen (secondary N) is 2. The van der Waals surface area contributed by atoms with Crippen LogP contribution in [0.5, 0.6) is 0 Å². The van der Waals surface area contributed by atoms with Crippen molar-refractivity contribution in [3.8, 4) is 0 Å². The Hall–Kier alpha value is -1.35. The molecule has 150 valence electrons. The predicted octanol–water partition coefficient (Wildman–Crippen LogP) is 3.86. The molecule has 5 nitrogen and oxygen atoms in total. The van der Waals surface area contributed by atoms with E-state index in [0.717, 1.165) is 24.3 Å². The van der Waals surface area contributed by atoms with Gasteiger partial charge in [0.1, 0.15) is 0 Å². The van der Waals surface area contributed by atoms with Crippen LogP contribution in [0.15, 0.2) is 51.8 Å². The Bertz CT molecular complexity index is 942. The van der Waals surface area contributed by atoms with E-state index in [0.29, 0.717) is 16.6 Å². The van der Waals surface area contributed by atoms with E-state index in [4.69, 9.17) is 0 Å². The van der Waals surface area contributed by atoms with Gasteiger partial charge in [-0.05, 0) is 59.5 Å². The lowest BCUT2D eigenvalue weighted by Crippen LogP contribution is -2.28. The standard InChI is InChI=1S/C20H23BrN2O3S2/c1-14-2-4-15(5-3-14)13-27-11-10-22-20(24)18-12-17(8-9-19(18)21)28(25,26)23-16-6-7-16/h2-5,8-9,12,16,23H,6-7,10-11,13H2,1H3,(H,22,24). The number of carbonyl (C=O) groups is 1. The highest BCUT2D eigenvalue weighted by atomic mass is 79.9. The van der Waals surface area contributed by atoms with Gasteiger partial charge in [0.2, 0.25) is 10.0 Å². The van der Waals surface area contributed by atoms with Gasteiger partial charge in [-0.25, -0.2) is 13.1 Å². The molecule has 8 heteroatoms. The highest BCUT2D eigenvalue weighted by Gasteiger charge is 2.28. The molecule has 0 atom stereocenters. The summed E-state index contributed by atoms with van der Waals surface area (Å²) >= 11 is 5.08. The van der Waals surface area contributed by atoms with E-state index in [1.807, 2.05) is 0 Å². The molecule has 1 aliphatic rings. The van der Waals surface area contributed by atoms with Gasteiger partial charge in [0, 0.05) is 28.6 Å². The monoisotopic (exact) mass is 482 g/mol. The smallest absolute Gasteiger partial charge is 0.252 e.